The molecule has 2 aromatic rings. The molecule has 2 rings (SSSR count). The molecule has 4 heteroatoms. The summed E-state index contributed by atoms with van der Waals surface area (Å²) in [5.41, 5.74) is 2.83. The van der Waals surface area contributed by atoms with Crippen LogP contribution in [-0.4, -0.2) is 23.8 Å². The molecule has 0 radical (unpaired) electrons. The van der Waals surface area contributed by atoms with Crippen molar-refractivity contribution in [3.8, 4) is 11.5 Å². The highest BCUT2D eigenvalue weighted by Gasteiger charge is 2.21. The molecule has 2 aromatic carbocycles. The van der Waals surface area contributed by atoms with E-state index in [-0.39, 0.29) is 6.10 Å². The molecule has 25 heavy (non-hydrogen) atoms. The fourth-order valence-electron chi connectivity index (χ4n) is 2.68. The van der Waals surface area contributed by atoms with Crippen molar-refractivity contribution in [3.63, 3.8) is 0 Å². The Hall–Kier alpha value is -2.49. The Morgan fingerprint density at radius 3 is 2.32 bits per heavy atom. The maximum atomic E-state index is 11.8. The smallest absolute Gasteiger partial charge is 0.311 e. The van der Waals surface area contributed by atoms with E-state index in [0.717, 1.165) is 16.7 Å². The van der Waals surface area contributed by atoms with E-state index < -0.39 is 11.9 Å². The molecular formula is C21H26O4. The lowest BCUT2D eigenvalue weighted by atomic mass is 9.91. The second-order valence-electron chi connectivity index (χ2n) is 6.39. The Morgan fingerprint density at radius 2 is 1.76 bits per heavy atom. The molecule has 0 amide bonds. The normalized spacial score (nSPS) is 12.0. The third-order valence-electron chi connectivity index (χ3n) is 3.89. The monoisotopic (exact) mass is 342 g/mol. The van der Waals surface area contributed by atoms with Crippen LogP contribution in [0.25, 0.3) is 0 Å². The molecule has 0 bridgehead atoms. The summed E-state index contributed by atoms with van der Waals surface area (Å²) in [6.45, 7) is 8.35. The molecule has 1 unspecified atom stereocenters. The zero-order chi connectivity index (χ0) is 18.4. The minimum Gasteiger partial charge on any atom is -0.490 e. The molecule has 0 fully saturated rings. The number of carboxylic acid groups (broad SMARTS) is 1. The van der Waals surface area contributed by atoms with Gasteiger partial charge in [-0.2, -0.15) is 0 Å². The van der Waals surface area contributed by atoms with Crippen LogP contribution in [0.3, 0.4) is 0 Å². The molecule has 0 aliphatic carbocycles. The number of carboxylic acids is 1. The Labute approximate surface area is 149 Å². The molecular weight excluding hydrogens is 316 g/mol. The van der Waals surface area contributed by atoms with Crippen LogP contribution in [0.2, 0.25) is 0 Å². The van der Waals surface area contributed by atoms with Gasteiger partial charge in [-0.25, -0.2) is 0 Å². The summed E-state index contributed by atoms with van der Waals surface area (Å²) in [6.07, 6.45) is 0.449. The number of aliphatic carboxylic acids is 1. The van der Waals surface area contributed by atoms with Gasteiger partial charge in [-0.3, -0.25) is 4.79 Å². The fourth-order valence-corrected chi connectivity index (χ4v) is 2.68. The minimum absolute atomic E-state index is 0.0457. The van der Waals surface area contributed by atoms with Crippen molar-refractivity contribution in [1.82, 2.24) is 0 Å². The first-order valence-electron chi connectivity index (χ1n) is 8.62. The van der Waals surface area contributed by atoms with Gasteiger partial charge in [0.1, 0.15) is 0 Å². The van der Waals surface area contributed by atoms with Gasteiger partial charge in [0.05, 0.1) is 18.6 Å². The highest BCUT2D eigenvalue weighted by molar-refractivity contribution is 5.76. The average molecular weight is 342 g/mol. The first kappa shape index (κ1) is 18.8. The second-order valence-corrected chi connectivity index (χ2v) is 6.39. The molecule has 0 aliphatic heterocycles. The number of benzene rings is 2. The third kappa shape index (κ3) is 5.24. The standard InChI is InChI=1S/C21H26O4/c1-5-24-20-13-16(8-11-19(20)25-14(2)3)12-18(21(22)23)17-9-6-15(4)7-10-17/h6-11,13-14,18H,5,12H2,1-4H3,(H,22,23). The predicted molar refractivity (Wildman–Crippen MR) is 98.6 cm³/mol. The number of carbonyl (C=O) groups is 1. The molecule has 0 spiro atoms. The van der Waals surface area contributed by atoms with Crippen LogP contribution in [0, 0.1) is 6.92 Å². The molecule has 0 aromatic heterocycles. The molecule has 1 N–H and O–H groups in total. The van der Waals surface area contributed by atoms with Crippen molar-refractivity contribution in [2.45, 2.75) is 46.1 Å². The quantitative estimate of drug-likeness (QED) is 0.762. The van der Waals surface area contributed by atoms with Crippen molar-refractivity contribution in [2.24, 2.45) is 0 Å². The number of hydrogen-bond acceptors (Lipinski definition) is 3. The largest absolute Gasteiger partial charge is 0.490 e. The maximum absolute atomic E-state index is 11.8. The SMILES string of the molecule is CCOc1cc(CC(C(=O)O)c2ccc(C)cc2)ccc1OC(C)C. The topological polar surface area (TPSA) is 55.8 Å². The van der Waals surface area contributed by atoms with Gasteiger partial charge in [-0.05, 0) is 57.4 Å². The zero-order valence-corrected chi connectivity index (χ0v) is 15.3. The van der Waals surface area contributed by atoms with Crippen LogP contribution < -0.4 is 9.47 Å². The lowest BCUT2D eigenvalue weighted by Gasteiger charge is -2.17. The lowest BCUT2D eigenvalue weighted by Crippen LogP contribution is -2.15. The Morgan fingerprint density at radius 1 is 1.08 bits per heavy atom. The lowest BCUT2D eigenvalue weighted by molar-refractivity contribution is -0.138. The van der Waals surface area contributed by atoms with E-state index in [1.54, 1.807) is 0 Å². The van der Waals surface area contributed by atoms with Gasteiger partial charge in [0.2, 0.25) is 0 Å². The Kier molecular flexibility index (Phi) is 6.45. The van der Waals surface area contributed by atoms with Gasteiger partial charge in [0.25, 0.3) is 0 Å². The minimum atomic E-state index is -0.829. The number of ether oxygens (including phenoxy) is 2. The highest BCUT2D eigenvalue weighted by atomic mass is 16.5. The molecule has 1 atom stereocenters. The summed E-state index contributed by atoms with van der Waals surface area (Å²) in [5, 5.41) is 9.65. The molecule has 0 saturated carbocycles. The summed E-state index contributed by atoms with van der Waals surface area (Å²) < 4.78 is 11.4. The summed E-state index contributed by atoms with van der Waals surface area (Å²) in [7, 11) is 0. The van der Waals surface area contributed by atoms with Crippen molar-refractivity contribution in [3.05, 3.63) is 59.2 Å². The van der Waals surface area contributed by atoms with Gasteiger partial charge >= 0.3 is 5.97 Å². The molecule has 134 valence electrons. The first-order valence-corrected chi connectivity index (χ1v) is 8.62. The molecule has 0 aliphatic rings. The van der Waals surface area contributed by atoms with Crippen molar-refractivity contribution in [2.75, 3.05) is 6.61 Å². The van der Waals surface area contributed by atoms with Gasteiger partial charge in [-0.1, -0.05) is 35.9 Å². The number of hydrogen-bond donors (Lipinski definition) is 1. The van der Waals surface area contributed by atoms with Crippen LogP contribution in [0.15, 0.2) is 42.5 Å². The van der Waals surface area contributed by atoms with E-state index >= 15 is 0 Å². The van der Waals surface area contributed by atoms with E-state index in [1.165, 1.54) is 0 Å². The summed E-state index contributed by atoms with van der Waals surface area (Å²) >= 11 is 0. The van der Waals surface area contributed by atoms with Crippen LogP contribution >= 0.6 is 0 Å². The fraction of sp³-hybridized carbons (Fsp3) is 0.381. The molecule has 0 saturated heterocycles. The van der Waals surface area contributed by atoms with Crippen LogP contribution in [0.4, 0.5) is 0 Å². The van der Waals surface area contributed by atoms with E-state index in [2.05, 4.69) is 0 Å². The van der Waals surface area contributed by atoms with Crippen molar-refractivity contribution in [1.29, 1.82) is 0 Å². The first-order chi connectivity index (χ1) is 11.9. The average Bonchev–Trinajstić information content (AvgIpc) is 2.55. The van der Waals surface area contributed by atoms with Gasteiger partial charge in [-0.15, -0.1) is 0 Å². The predicted octanol–water partition coefficient (Wildman–Crippen LogP) is 4.59. The van der Waals surface area contributed by atoms with Crippen LogP contribution in [0.1, 0.15) is 43.4 Å². The summed E-state index contributed by atoms with van der Waals surface area (Å²) in [5.74, 6) is -0.0826. The molecule has 0 heterocycles. The second kappa shape index (κ2) is 8.56. The van der Waals surface area contributed by atoms with Crippen LogP contribution in [-0.2, 0) is 11.2 Å². The number of rotatable bonds is 8. The van der Waals surface area contributed by atoms with Crippen LogP contribution in [0.5, 0.6) is 11.5 Å². The maximum Gasteiger partial charge on any atom is 0.311 e. The summed E-state index contributed by atoms with van der Waals surface area (Å²) in [6, 6.07) is 13.3. The van der Waals surface area contributed by atoms with Gasteiger partial charge < -0.3 is 14.6 Å². The zero-order valence-electron chi connectivity index (χ0n) is 15.3. The Bertz CT molecular complexity index is 704. The van der Waals surface area contributed by atoms with Crippen molar-refractivity contribution < 1.29 is 19.4 Å². The van der Waals surface area contributed by atoms with E-state index in [9.17, 15) is 9.90 Å². The van der Waals surface area contributed by atoms with E-state index in [4.69, 9.17) is 9.47 Å². The Balaban J connectivity index is 2.28. The summed E-state index contributed by atoms with van der Waals surface area (Å²) in [4.78, 5) is 11.8. The highest BCUT2D eigenvalue weighted by Crippen LogP contribution is 2.31. The third-order valence-corrected chi connectivity index (χ3v) is 3.89. The van der Waals surface area contributed by atoms with E-state index in [1.807, 2.05) is 70.2 Å². The van der Waals surface area contributed by atoms with Gasteiger partial charge in [0.15, 0.2) is 11.5 Å². The number of aryl methyl sites for hydroxylation is 1. The van der Waals surface area contributed by atoms with Crippen molar-refractivity contribution >= 4 is 5.97 Å². The van der Waals surface area contributed by atoms with Gasteiger partial charge in [0, 0.05) is 0 Å². The molecule has 4 nitrogen and oxygen atoms in total. The van der Waals surface area contributed by atoms with E-state index in [0.29, 0.717) is 24.5 Å².